The molecule has 1 fully saturated rings. The average molecular weight is 374 g/mol. The van der Waals surface area contributed by atoms with Gasteiger partial charge in [0.25, 0.3) is 0 Å². The van der Waals surface area contributed by atoms with E-state index in [9.17, 15) is 0 Å². The van der Waals surface area contributed by atoms with Crippen molar-refractivity contribution < 1.29 is 4.74 Å². The third kappa shape index (κ3) is 4.58. The molecule has 2 heterocycles. The molecule has 0 amide bonds. The Hall–Kier alpha value is -2.69. The molecule has 0 bridgehead atoms. The second-order valence-electron chi connectivity index (χ2n) is 7.50. The smallest absolute Gasteiger partial charge is 0.119 e. The fourth-order valence-electron chi connectivity index (χ4n) is 4.01. The first-order chi connectivity index (χ1) is 13.8. The summed E-state index contributed by atoms with van der Waals surface area (Å²) in [5.41, 5.74) is 9.85. The quantitative estimate of drug-likeness (QED) is 0.684. The van der Waals surface area contributed by atoms with Gasteiger partial charge in [-0.2, -0.15) is 0 Å². The molecule has 28 heavy (non-hydrogen) atoms. The van der Waals surface area contributed by atoms with Crippen molar-refractivity contribution >= 4 is 0 Å². The number of pyridine rings is 1. The molecule has 3 aromatic rings. The van der Waals surface area contributed by atoms with E-state index in [0.717, 1.165) is 37.5 Å². The van der Waals surface area contributed by atoms with Gasteiger partial charge in [0.1, 0.15) is 12.4 Å². The first kappa shape index (κ1) is 18.7. The van der Waals surface area contributed by atoms with Crippen LogP contribution in [0.5, 0.6) is 5.75 Å². The van der Waals surface area contributed by atoms with Crippen LogP contribution in [0.4, 0.5) is 0 Å². The molecule has 0 aliphatic carbocycles. The molecule has 4 nitrogen and oxygen atoms in total. The van der Waals surface area contributed by atoms with Crippen LogP contribution in [0.2, 0.25) is 0 Å². The van der Waals surface area contributed by atoms with Crippen molar-refractivity contribution in [3.8, 4) is 5.75 Å². The molecule has 2 atom stereocenters. The van der Waals surface area contributed by atoms with Gasteiger partial charge in [-0.05, 0) is 41.8 Å². The van der Waals surface area contributed by atoms with Crippen molar-refractivity contribution in [1.29, 1.82) is 0 Å². The number of hydrogen-bond donors (Lipinski definition) is 1. The maximum atomic E-state index is 6.07. The van der Waals surface area contributed by atoms with Crippen LogP contribution in [-0.4, -0.2) is 29.5 Å². The second kappa shape index (κ2) is 9.00. The predicted molar refractivity (Wildman–Crippen MR) is 112 cm³/mol. The van der Waals surface area contributed by atoms with E-state index in [2.05, 4.69) is 64.5 Å². The van der Waals surface area contributed by atoms with Crippen LogP contribution in [0.3, 0.4) is 0 Å². The maximum Gasteiger partial charge on any atom is 0.119 e. The average Bonchev–Trinajstić information content (AvgIpc) is 3.17. The summed E-state index contributed by atoms with van der Waals surface area (Å²) in [5.74, 6) is 1.92. The monoisotopic (exact) mass is 373 g/mol. The predicted octanol–water partition coefficient (Wildman–Crippen LogP) is 3.83. The minimum absolute atomic E-state index is 0.518. The molecule has 0 unspecified atom stereocenters. The van der Waals surface area contributed by atoms with Crippen LogP contribution in [0.15, 0.2) is 79.1 Å². The van der Waals surface area contributed by atoms with E-state index < -0.39 is 0 Å². The van der Waals surface area contributed by atoms with Gasteiger partial charge in [0.15, 0.2) is 0 Å². The highest BCUT2D eigenvalue weighted by Gasteiger charge is 2.32. The van der Waals surface area contributed by atoms with Gasteiger partial charge in [0.05, 0.1) is 0 Å². The Bertz CT molecular complexity index is 852. The minimum atomic E-state index is 0.518. The lowest BCUT2D eigenvalue weighted by atomic mass is 9.89. The number of benzene rings is 2. The van der Waals surface area contributed by atoms with Crippen LogP contribution in [0, 0.1) is 5.92 Å². The van der Waals surface area contributed by atoms with Crippen LogP contribution < -0.4 is 10.5 Å². The van der Waals surface area contributed by atoms with Crippen molar-refractivity contribution in [2.45, 2.75) is 19.1 Å². The fraction of sp³-hybridized carbons (Fsp3) is 0.292. The van der Waals surface area contributed by atoms with Crippen molar-refractivity contribution in [2.75, 3.05) is 19.6 Å². The summed E-state index contributed by atoms with van der Waals surface area (Å²) in [6.45, 7) is 4.33. The first-order valence-corrected chi connectivity index (χ1v) is 9.90. The topological polar surface area (TPSA) is 51.4 Å². The molecule has 0 radical (unpaired) electrons. The van der Waals surface area contributed by atoms with Crippen LogP contribution in [0.1, 0.15) is 22.6 Å². The van der Waals surface area contributed by atoms with Gasteiger partial charge in [0, 0.05) is 43.5 Å². The summed E-state index contributed by atoms with van der Waals surface area (Å²) in [5, 5.41) is 0. The number of rotatable bonds is 7. The SMILES string of the molecule is NC[C@@H]1CN(Cc2ccc(OCc3cccnc3)cc2)C[C@H]1c1ccccc1. The molecule has 1 aliphatic rings. The third-order valence-electron chi connectivity index (χ3n) is 5.50. The second-order valence-corrected chi connectivity index (χ2v) is 7.50. The Morgan fingerprint density at radius 3 is 2.46 bits per heavy atom. The Kier molecular flexibility index (Phi) is 6.00. The molecular formula is C24H27N3O. The molecule has 1 aliphatic heterocycles. The number of likely N-dealkylation sites (tertiary alicyclic amines) is 1. The summed E-state index contributed by atoms with van der Waals surface area (Å²) in [6, 6.07) is 23.1. The molecule has 4 rings (SSSR count). The molecule has 1 saturated heterocycles. The summed E-state index contributed by atoms with van der Waals surface area (Å²) >= 11 is 0. The highest BCUT2D eigenvalue weighted by atomic mass is 16.5. The van der Waals surface area contributed by atoms with Crippen molar-refractivity contribution in [3.63, 3.8) is 0 Å². The van der Waals surface area contributed by atoms with Crippen molar-refractivity contribution in [1.82, 2.24) is 9.88 Å². The molecule has 144 valence electrons. The Labute approximate surface area is 167 Å². The van der Waals surface area contributed by atoms with Gasteiger partial charge in [-0.1, -0.05) is 48.5 Å². The van der Waals surface area contributed by atoms with E-state index in [1.807, 2.05) is 18.3 Å². The van der Waals surface area contributed by atoms with Gasteiger partial charge >= 0.3 is 0 Å². The van der Waals surface area contributed by atoms with E-state index >= 15 is 0 Å². The van der Waals surface area contributed by atoms with Crippen molar-refractivity contribution in [2.24, 2.45) is 11.7 Å². The maximum absolute atomic E-state index is 6.07. The largest absolute Gasteiger partial charge is 0.489 e. The number of hydrogen-bond acceptors (Lipinski definition) is 4. The lowest BCUT2D eigenvalue weighted by Gasteiger charge is -2.17. The molecule has 2 N–H and O–H groups in total. The van der Waals surface area contributed by atoms with E-state index in [1.165, 1.54) is 11.1 Å². The Balaban J connectivity index is 1.34. The highest BCUT2D eigenvalue weighted by molar-refractivity contribution is 5.28. The molecule has 4 heteroatoms. The van der Waals surface area contributed by atoms with Gasteiger partial charge in [-0.15, -0.1) is 0 Å². The lowest BCUT2D eigenvalue weighted by molar-refractivity contribution is 0.304. The van der Waals surface area contributed by atoms with E-state index in [0.29, 0.717) is 18.4 Å². The van der Waals surface area contributed by atoms with Crippen LogP contribution in [-0.2, 0) is 13.2 Å². The standard InChI is InChI=1S/C24H27N3O/c25-13-22-16-27(17-24(22)21-6-2-1-3-7-21)15-19-8-10-23(11-9-19)28-18-20-5-4-12-26-14-20/h1-12,14,22,24H,13,15-18,25H2/t22-,24+/m1/s1. The lowest BCUT2D eigenvalue weighted by Crippen LogP contribution is -2.23. The summed E-state index contributed by atoms with van der Waals surface area (Å²) in [4.78, 5) is 6.63. The Morgan fingerprint density at radius 2 is 1.75 bits per heavy atom. The van der Waals surface area contributed by atoms with Gasteiger partial charge in [-0.3, -0.25) is 9.88 Å². The summed E-state index contributed by atoms with van der Waals surface area (Å²) in [7, 11) is 0. The van der Waals surface area contributed by atoms with E-state index in [-0.39, 0.29) is 0 Å². The van der Waals surface area contributed by atoms with E-state index in [1.54, 1.807) is 6.20 Å². The fourth-order valence-corrected chi connectivity index (χ4v) is 4.01. The number of nitrogens with two attached hydrogens (primary N) is 1. The molecular weight excluding hydrogens is 346 g/mol. The zero-order valence-electron chi connectivity index (χ0n) is 16.1. The van der Waals surface area contributed by atoms with E-state index in [4.69, 9.17) is 10.5 Å². The normalized spacial score (nSPS) is 19.6. The number of nitrogens with zero attached hydrogens (tertiary/aromatic N) is 2. The first-order valence-electron chi connectivity index (χ1n) is 9.90. The number of aromatic nitrogens is 1. The number of ether oxygens (including phenoxy) is 1. The van der Waals surface area contributed by atoms with Gasteiger partial charge in [-0.25, -0.2) is 0 Å². The zero-order chi connectivity index (χ0) is 19.2. The zero-order valence-corrected chi connectivity index (χ0v) is 16.1. The van der Waals surface area contributed by atoms with Gasteiger partial charge < -0.3 is 10.5 Å². The van der Waals surface area contributed by atoms with Crippen LogP contribution >= 0.6 is 0 Å². The summed E-state index contributed by atoms with van der Waals surface area (Å²) in [6.07, 6.45) is 3.60. The summed E-state index contributed by atoms with van der Waals surface area (Å²) < 4.78 is 5.86. The molecule has 2 aromatic carbocycles. The van der Waals surface area contributed by atoms with Gasteiger partial charge in [0.2, 0.25) is 0 Å². The molecule has 0 spiro atoms. The minimum Gasteiger partial charge on any atom is -0.489 e. The third-order valence-corrected chi connectivity index (χ3v) is 5.50. The molecule has 0 saturated carbocycles. The highest BCUT2D eigenvalue weighted by Crippen LogP contribution is 2.32. The van der Waals surface area contributed by atoms with Crippen LogP contribution in [0.25, 0.3) is 0 Å². The van der Waals surface area contributed by atoms with Crippen molar-refractivity contribution in [3.05, 3.63) is 95.8 Å². The molecule has 1 aromatic heterocycles. The Morgan fingerprint density at radius 1 is 0.929 bits per heavy atom.